The highest BCUT2D eigenvalue weighted by Crippen LogP contribution is 2.34. The highest BCUT2D eigenvalue weighted by atomic mass is 32.1. The van der Waals surface area contributed by atoms with Crippen LogP contribution in [-0.4, -0.2) is 23.9 Å². The molecule has 1 amide bonds. The van der Waals surface area contributed by atoms with Crippen LogP contribution in [-0.2, 0) is 4.79 Å². The number of thiophene rings is 1. The molecule has 1 aliphatic heterocycles. The lowest BCUT2D eigenvalue weighted by Crippen LogP contribution is -2.34. The van der Waals surface area contributed by atoms with Crippen LogP contribution < -0.4 is 5.32 Å². The number of amides is 1. The van der Waals surface area contributed by atoms with E-state index in [0.717, 1.165) is 25.1 Å². The number of carbonyl (C=O) groups is 1. The smallest absolute Gasteiger partial charge is 0.242 e. The van der Waals surface area contributed by atoms with Crippen LogP contribution in [0.25, 0.3) is 0 Å². The van der Waals surface area contributed by atoms with Crippen LogP contribution in [0.2, 0.25) is 0 Å². The first-order valence-corrected chi connectivity index (χ1v) is 8.25. The Morgan fingerprint density at radius 2 is 2.29 bits per heavy atom. The third-order valence-electron chi connectivity index (χ3n) is 3.91. The second-order valence-corrected chi connectivity index (χ2v) is 6.46. The molecule has 1 unspecified atom stereocenters. The van der Waals surface area contributed by atoms with E-state index < -0.39 is 0 Å². The zero-order chi connectivity index (χ0) is 14.7. The van der Waals surface area contributed by atoms with E-state index in [1.54, 1.807) is 11.3 Å². The summed E-state index contributed by atoms with van der Waals surface area (Å²) in [7, 11) is 0. The number of hydrogen-bond donors (Lipinski definition) is 1. The van der Waals surface area contributed by atoms with Gasteiger partial charge in [-0.2, -0.15) is 0 Å². The summed E-state index contributed by atoms with van der Waals surface area (Å²) in [5, 5.41) is 5.32. The molecule has 1 fully saturated rings. The lowest BCUT2D eigenvalue weighted by atomic mass is 10.2. The molecule has 1 aromatic heterocycles. The Hall–Kier alpha value is -1.81. The van der Waals surface area contributed by atoms with Crippen LogP contribution in [0.5, 0.6) is 0 Å². The third kappa shape index (κ3) is 3.27. The number of likely N-dealkylation sites (tertiary alicyclic amines) is 1. The van der Waals surface area contributed by atoms with E-state index in [-0.39, 0.29) is 11.9 Å². The van der Waals surface area contributed by atoms with Gasteiger partial charge in [-0.3, -0.25) is 4.79 Å². The summed E-state index contributed by atoms with van der Waals surface area (Å²) >= 11 is 1.74. The largest absolute Gasteiger partial charge is 0.376 e. The van der Waals surface area contributed by atoms with Crippen molar-refractivity contribution in [3.05, 3.63) is 52.2 Å². The lowest BCUT2D eigenvalue weighted by Gasteiger charge is -2.24. The molecule has 3 nitrogen and oxygen atoms in total. The van der Waals surface area contributed by atoms with Crippen molar-refractivity contribution in [1.29, 1.82) is 0 Å². The van der Waals surface area contributed by atoms with Crippen molar-refractivity contribution in [3.63, 3.8) is 0 Å². The maximum absolute atomic E-state index is 12.5. The summed E-state index contributed by atoms with van der Waals surface area (Å²) in [6.45, 7) is 3.29. The van der Waals surface area contributed by atoms with E-state index in [1.165, 1.54) is 10.4 Å². The normalized spacial score (nSPS) is 18.0. The number of carbonyl (C=O) groups excluding carboxylic acids is 1. The zero-order valence-electron chi connectivity index (χ0n) is 12.2. The molecule has 1 aliphatic rings. The maximum Gasteiger partial charge on any atom is 0.242 e. The first-order valence-electron chi connectivity index (χ1n) is 7.37. The molecule has 1 atom stereocenters. The predicted octanol–water partition coefficient (Wildman–Crippen LogP) is 3.83. The van der Waals surface area contributed by atoms with Crippen molar-refractivity contribution in [1.82, 2.24) is 4.90 Å². The number of rotatable bonds is 4. The molecule has 1 N–H and O–H groups in total. The van der Waals surface area contributed by atoms with E-state index >= 15 is 0 Å². The summed E-state index contributed by atoms with van der Waals surface area (Å²) in [6, 6.07) is 12.6. The molecular weight excluding hydrogens is 280 g/mol. The average molecular weight is 300 g/mol. The van der Waals surface area contributed by atoms with Crippen LogP contribution in [0.3, 0.4) is 0 Å². The molecule has 0 radical (unpaired) electrons. The average Bonchev–Trinajstić information content (AvgIpc) is 3.14. The van der Waals surface area contributed by atoms with Crippen molar-refractivity contribution in [2.75, 3.05) is 18.4 Å². The van der Waals surface area contributed by atoms with Gasteiger partial charge in [0, 0.05) is 17.1 Å². The highest BCUT2D eigenvalue weighted by Gasteiger charge is 2.30. The summed E-state index contributed by atoms with van der Waals surface area (Å²) in [5.41, 5.74) is 2.21. The minimum atomic E-state index is 0.187. The Morgan fingerprint density at radius 1 is 1.38 bits per heavy atom. The minimum Gasteiger partial charge on any atom is -0.376 e. The van der Waals surface area contributed by atoms with Gasteiger partial charge in [0.15, 0.2) is 0 Å². The molecule has 0 spiro atoms. The maximum atomic E-state index is 12.5. The molecule has 2 heterocycles. The molecule has 2 aromatic rings. The summed E-state index contributed by atoms with van der Waals surface area (Å²) < 4.78 is 0. The van der Waals surface area contributed by atoms with Gasteiger partial charge in [-0.25, -0.2) is 0 Å². The van der Waals surface area contributed by atoms with E-state index in [0.29, 0.717) is 6.54 Å². The van der Waals surface area contributed by atoms with E-state index in [1.807, 2.05) is 17.0 Å². The van der Waals surface area contributed by atoms with Gasteiger partial charge in [-0.05, 0) is 48.9 Å². The SMILES string of the molecule is Cc1cccc(NCC(=O)N2CCCC2c2cccs2)c1. The molecule has 1 aromatic carbocycles. The Morgan fingerprint density at radius 3 is 3.05 bits per heavy atom. The van der Waals surface area contributed by atoms with Crippen molar-refractivity contribution in [3.8, 4) is 0 Å². The Balaban J connectivity index is 1.62. The van der Waals surface area contributed by atoms with Crippen LogP contribution in [0, 0.1) is 6.92 Å². The Kier molecular flexibility index (Phi) is 4.25. The summed E-state index contributed by atoms with van der Waals surface area (Å²) in [6.07, 6.45) is 2.18. The van der Waals surface area contributed by atoms with Gasteiger partial charge < -0.3 is 10.2 Å². The Bertz CT molecular complexity index is 609. The van der Waals surface area contributed by atoms with Crippen molar-refractivity contribution in [2.24, 2.45) is 0 Å². The third-order valence-corrected chi connectivity index (χ3v) is 4.88. The van der Waals surface area contributed by atoms with Crippen LogP contribution in [0.4, 0.5) is 5.69 Å². The fraction of sp³-hybridized carbons (Fsp3) is 0.353. The van der Waals surface area contributed by atoms with E-state index in [2.05, 4.69) is 41.9 Å². The van der Waals surface area contributed by atoms with Crippen LogP contribution >= 0.6 is 11.3 Å². The summed E-state index contributed by atoms with van der Waals surface area (Å²) in [5.74, 6) is 0.187. The van der Waals surface area contributed by atoms with E-state index in [4.69, 9.17) is 0 Å². The van der Waals surface area contributed by atoms with Crippen molar-refractivity contribution >= 4 is 22.9 Å². The van der Waals surface area contributed by atoms with Crippen molar-refractivity contribution < 1.29 is 4.79 Å². The molecule has 0 aliphatic carbocycles. The van der Waals surface area contributed by atoms with Gasteiger partial charge in [0.25, 0.3) is 0 Å². The molecule has 4 heteroatoms. The predicted molar refractivity (Wildman–Crippen MR) is 87.7 cm³/mol. The second kappa shape index (κ2) is 6.31. The lowest BCUT2D eigenvalue weighted by molar-refractivity contribution is -0.130. The number of hydrogen-bond acceptors (Lipinski definition) is 3. The van der Waals surface area contributed by atoms with Crippen molar-refractivity contribution in [2.45, 2.75) is 25.8 Å². The van der Waals surface area contributed by atoms with E-state index in [9.17, 15) is 4.79 Å². The molecule has 3 rings (SSSR count). The number of nitrogens with one attached hydrogen (secondary N) is 1. The number of aryl methyl sites for hydroxylation is 1. The van der Waals surface area contributed by atoms with Gasteiger partial charge in [-0.15, -0.1) is 11.3 Å². The monoisotopic (exact) mass is 300 g/mol. The first-order chi connectivity index (χ1) is 10.2. The van der Waals surface area contributed by atoms with Crippen LogP contribution in [0.1, 0.15) is 29.3 Å². The molecule has 0 saturated carbocycles. The fourth-order valence-electron chi connectivity index (χ4n) is 2.88. The topological polar surface area (TPSA) is 32.3 Å². The molecule has 0 bridgehead atoms. The van der Waals surface area contributed by atoms with Gasteiger partial charge >= 0.3 is 0 Å². The van der Waals surface area contributed by atoms with Gasteiger partial charge in [0.1, 0.15) is 0 Å². The zero-order valence-corrected chi connectivity index (χ0v) is 13.0. The Labute approximate surface area is 129 Å². The van der Waals surface area contributed by atoms with Crippen LogP contribution in [0.15, 0.2) is 41.8 Å². The molecular formula is C17H20N2OS. The van der Waals surface area contributed by atoms with Gasteiger partial charge in [-0.1, -0.05) is 18.2 Å². The standard InChI is InChI=1S/C17H20N2OS/c1-13-5-2-6-14(11-13)18-12-17(20)19-9-3-7-15(19)16-8-4-10-21-16/h2,4-6,8,10-11,15,18H,3,7,9,12H2,1H3. The number of nitrogens with zero attached hydrogens (tertiary/aromatic N) is 1. The molecule has 21 heavy (non-hydrogen) atoms. The summed E-state index contributed by atoms with van der Waals surface area (Å²) in [4.78, 5) is 15.8. The molecule has 110 valence electrons. The number of benzene rings is 1. The quantitative estimate of drug-likeness (QED) is 0.930. The first kappa shape index (κ1) is 14.1. The minimum absolute atomic E-state index is 0.187. The second-order valence-electron chi connectivity index (χ2n) is 5.48. The highest BCUT2D eigenvalue weighted by molar-refractivity contribution is 7.10. The fourth-order valence-corrected chi connectivity index (χ4v) is 3.75. The number of anilines is 1. The van der Waals surface area contributed by atoms with Gasteiger partial charge in [0.05, 0.1) is 12.6 Å². The molecule has 1 saturated heterocycles. The van der Waals surface area contributed by atoms with Gasteiger partial charge in [0.2, 0.25) is 5.91 Å².